The summed E-state index contributed by atoms with van der Waals surface area (Å²) in [6, 6.07) is 8.60. The van der Waals surface area contributed by atoms with E-state index in [1.165, 1.54) is 11.1 Å². The number of hydrogen-bond acceptors (Lipinski definition) is 2. The zero-order chi connectivity index (χ0) is 13.6. The molecule has 2 heteroatoms. The van der Waals surface area contributed by atoms with E-state index in [-0.39, 0.29) is 11.6 Å². The molecule has 0 aromatic heterocycles. The first-order valence-electron chi connectivity index (χ1n) is 6.70. The lowest BCUT2D eigenvalue weighted by Crippen LogP contribution is -2.23. The molecule has 18 heavy (non-hydrogen) atoms. The van der Waals surface area contributed by atoms with Gasteiger partial charge in [-0.1, -0.05) is 31.2 Å². The van der Waals surface area contributed by atoms with Crippen LogP contribution in [0.2, 0.25) is 0 Å². The SMILES string of the molecule is CCc1ccc(CCCC(=O)OC(C)(C)C)cc1. The molecule has 0 fully saturated rings. The molecule has 0 aliphatic rings. The van der Waals surface area contributed by atoms with Crippen LogP contribution < -0.4 is 0 Å². The lowest BCUT2D eigenvalue weighted by atomic mass is 10.1. The number of carbonyl (C=O) groups is 1. The molecule has 1 aromatic carbocycles. The number of carbonyl (C=O) groups excluding carboxylic acids is 1. The molecule has 0 aliphatic heterocycles. The van der Waals surface area contributed by atoms with Gasteiger partial charge in [0, 0.05) is 6.42 Å². The quantitative estimate of drug-likeness (QED) is 0.738. The summed E-state index contributed by atoms with van der Waals surface area (Å²) < 4.78 is 5.27. The van der Waals surface area contributed by atoms with Crippen LogP contribution >= 0.6 is 0 Å². The lowest BCUT2D eigenvalue weighted by molar-refractivity contribution is -0.154. The van der Waals surface area contributed by atoms with Crippen LogP contribution in [0.3, 0.4) is 0 Å². The second-order valence-corrected chi connectivity index (χ2v) is 5.61. The van der Waals surface area contributed by atoms with Crippen LogP contribution in [-0.2, 0) is 22.4 Å². The van der Waals surface area contributed by atoms with Gasteiger partial charge >= 0.3 is 5.97 Å². The summed E-state index contributed by atoms with van der Waals surface area (Å²) in [4.78, 5) is 11.5. The Hall–Kier alpha value is -1.31. The number of ether oxygens (including phenoxy) is 1. The van der Waals surface area contributed by atoms with Gasteiger partial charge in [0.1, 0.15) is 5.60 Å². The van der Waals surface area contributed by atoms with Gasteiger partial charge in [-0.05, 0) is 51.2 Å². The van der Waals surface area contributed by atoms with Crippen LogP contribution in [0, 0.1) is 0 Å². The fourth-order valence-electron chi connectivity index (χ4n) is 1.77. The van der Waals surface area contributed by atoms with Crippen LogP contribution in [0.5, 0.6) is 0 Å². The van der Waals surface area contributed by atoms with Crippen molar-refractivity contribution in [3.05, 3.63) is 35.4 Å². The summed E-state index contributed by atoms with van der Waals surface area (Å²) in [6.45, 7) is 7.84. The predicted molar refractivity (Wildman–Crippen MR) is 74.6 cm³/mol. The average Bonchev–Trinajstić information content (AvgIpc) is 2.27. The van der Waals surface area contributed by atoms with Crippen molar-refractivity contribution in [2.75, 3.05) is 0 Å². The Morgan fingerprint density at radius 2 is 1.67 bits per heavy atom. The second kappa shape index (κ2) is 6.58. The van der Waals surface area contributed by atoms with Gasteiger partial charge in [0.05, 0.1) is 0 Å². The maximum Gasteiger partial charge on any atom is 0.306 e. The average molecular weight is 248 g/mol. The highest BCUT2D eigenvalue weighted by Gasteiger charge is 2.15. The minimum absolute atomic E-state index is 0.104. The Labute approximate surface area is 110 Å². The highest BCUT2D eigenvalue weighted by Crippen LogP contribution is 2.12. The van der Waals surface area contributed by atoms with Gasteiger partial charge in [0.2, 0.25) is 0 Å². The predicted octanol–water partition coefficient (Wildman–Crippen LogP) is 3.91. The Balaban J connectivity index is 2.30. The summed E-state index contributed by atoms with van der Waals surface area (Å²) >= 11 is 0. The molecule has 0 unspecified atom stereocenters. The van der Waals surface area contributed by atoms with E-state index in [0.29, 0.717) is 6.42 Å². The van der Waals surface area contributed by atoms with Gasteiger partial charge in [-0.2, -0.15) is 0 Å². The molecular formula is C16H24O2. The van der Waals surface area contributed by atoms with Gasteiger partial charge in [-0.3, -0.25) is 4.79 Å². The Bertz CT molecular complexity index is 371. The van der Waals surface area contributed by atoms with Crippen LogP contribution in [0.15, 0.2) is 24.3 Å². The molecule has 0 saturated carbocycles. The Morgan fingerprint density at radius 3 is 2.17 bits per heavy atom. The van der Waals surface area contributed by atoms with Gasteiger partial charge in [-0.15, -0.1) is 0 Å². The molecule has 0 saturated heterocycles. The third-order valence-electron chi connectivity index (χ3n) is 2.70. The van der Waals surface area contributed by atoms with E-state index < -0.39 is 0 Å². The van der Waals surface area contributed by atoms with Crippen molar-refractivity contribution in [3.8, 4) is 0 Å². The second-order valence-electron chi connectivity index (χ2n) is 5.61. The number of aryl methyl sites for hydroxylation is 2. The normalized spacial score (nSPS) is 11.3. The molecule has 2 nitrogen and oxygen atoms in total. The Kier molecular flexibility index (Phi) is 5.39. The van der Waals surface area contributed by atoms with Gasteiger partial charge < -0.3 is 4.74 Å². The summed E-state index contributed by atoms with van der Waals surface area (Å²) in [6.07, 6.45) is 3.34. The summed E-state index contributed by atoms with van der Waals surface area (Å²) in [5.74, 6) is -0.104. The van der Waals surface area contributed by atoms with Crippen molar-refractivity contribution in [2.24, 2.45) is 0 Å². The lowest BCUT2D eigenvalue weighted by Gasteiger charge is -2.19. The molecule has 0 aliphatic carbocycles. The maximum atomic E-state index is 11.5. The van der Waals surface area contributed by atoms with Gasteiger partial charge in [-0.25, -0.2) is 0 Å². The fourth-order valence-corrected chi connectivity index (χ4v) is 1.77. The first kappa shape index (κ1) is 14.7. The van der Waals surface area contributed by atoms with E-state index in [2.05, 4.69) is 31.2 Å². The zero-order valence-electron chi connectivity index (χ0n) is 12.0. The van der Waals surface area contributed by atoms with Crippen molar-refractivity contribution in [1.82, 2.24) is 0 Å². The van der Waals surface area contributed by atoms with E-state index in [1.807, 2.05) is 20.8 Å². The van der Waals surface area contributed by atoms with Crippen molar-refractivity contribution in [3.63, 3.8) is 0 Å². The molecule has 0 heterocycles. The summed E-state index contributed by atoms with van der Waals surface area (Å²) in [7, 11) is 0. The Morgan fingerprint density at radius 1 is 1.11 bits per heavy atom. The smallest absolute Gasteiger partial charge is 0.306 e. The standard InChI is InChI=1S/C16H24O2/c1-5-13-9-11-14(12-10-13)7-6-8-15(17)18-16(2,3)4/h9-12H,5-8H2,1-4H3. The van der Waals surface area contributed by atoms with E-state index in [4.69, 9.17) is 4.74 Å². The monoisotopic (exact) mass is 248 g/mol. The van der Waals surface area contributed by atoms with Crippen LogP contribution in [0.25, 0.3) is 0 Å². The molecule has 0 bridgehead atoms. The molecule has 0 radical (unpaired) electrons. The molecule has 1 rings (SSSR count). The van der Waals surface area contributed by atoms with Crippen LogP contribution in [0.4, 0.5) is 0 Å². The van der Waals surface area contributed by atoms with Gasteiger partial charge in [0.15, 0.2) is 0 Å². The third kappa shape index (κ3) is 5.85. The highest BCUT2D eigenvalue weighted by atomic mass is 16.6. The first-order valence-corrected chi connectivity index (χ1v) is 6.70. The zero-order valence-corrected chi connectivity index (χ0v) is 12.0. The van der Waals surface area contributed by atoms with E-state index in [0.717, 1.165) is 19.3 Å². The largest absolute Gasteiger partial charge is 0.460 e. The molecule has 100 valence electrons. The number of esters is 1. The molecular weight excluding hydrogens is 224 g/mol. The molecule has 0 spiro atoms. The topological polar surface area (TPSA) is 26.3 Å². The molecule has 0 atom stereocenters. The maximum absolute atomic E-state index is 11.5. The minimum Gasteiger partial charge on any atom is -0.460 e. The summed E-state index contributed by atoms with van der Waals surface area (Å²) in [5.41, 5.74) is 2.27. The fraction of sp³-hybridized carbons (Fsp3) is 0.562. The molecule has 0 N–H and O–H groups in total. The van der Waals surface area contributed by atoms with Crippen molar-refractivity contribution in [1.29, 1.82) is 0 Å². The number of hydrogen-bond donors (Lipinski definition) is 0. The molecule has 1 aromatic rings. The summed E-state index contributed by atoms with van der Waals surface area (Å²) in [5, 5.41) is 0. The van der Waals surface area contributed by atoms with Gasteiger partial charge in [0.25, 0.3) is 0 Å². The van der Waals surface area contributed by atoms with Crippen LogP contribution in [-0.4, -0.2) is 11.6 Å². The van der Waals surface area contributed by atoms with E-state index in [1.54, 1.807) is 0 Å². The highest BCUT2D eigenvalue weighted by molar-refractivity contribution is 5.69. The van der Waals surface area contributed by atoms with Crippen molar-refractivity contribution in [2.45, 2.75) is 59.0 Å². The van der Waals surface area contributed by atoms with Crippen LogP contribution in [0.1, 0.15) is 51.7 Å². The van der Waals surface area contributed by atoms with Crippen molar-refractivity contribution >= 4 is 5.97 Å². The number of benzene rings is 1. The van der Waals surface area contributed by atoms with E-state index >= 15 is 0 Å². The first-order chi connectivity index (χ1) is 8.40. The minimum atomic E-state index is -0.375. The number of rotatable bonds is 5. The van der Waals surface area contributed by atoms with E-state index in [9.17, 15) is 4.79 Å². The van der Waals surface area contributed by atoms with Crippen molar-refractivity contribution < 1.29 is 9.53 Å². The molecule has 0 amide bonds. The third-order valence-corrected chi connectivity index (χ3v) is 2.70.